The zero-order valence-corrected chi connectivity index (χ0v) is 17.9. The maximum absolute atomic E-state index is 13.0. The van der Waals surface area contributed by atoms with Gasteiger partial charge in [-0.05, 0) is 33.2 Å². The van der Waals surface area contributed by atoms with Gasteiger partial charge in [-0.3, -0.25) is 0 Å². The van der Waals surface area contributed by atoms with E-state index < -0.39 is 10.0 Å². The molecule has 3 rings (SSSR count). The van der Waals surface area contributed by atoms with Crippen molar-refractivity contribution >= 4 is 15.8 Å². The Bertz CT molecular complexity index is 915. The second-order valence-corrected chi connectivity index (χ2v) is 9.41. The summed E-state index contributed by atoms with van der Waals surface area (Å²) in [5, 5.41) is 7.14. The molecule has 0 aromatic carbocycles. The van der Waals surface area contributed by atoms with Crippen LogP contribution < -0.4 is 10.2 Å². The molecule has 0 unspecified atom stereocenters. The van der Waals surface area contributed by atoms with Crippen molar-refractivity contribution < 1.29 is 12.9 Å². The standard InChI is InChI=1S/C18H28N6O3S/c1-12-17(13(2)27-22-12)28(25,26)24(5)11-15-9-16(23(3)4)21-18(20-15)14-7-6-8-19-10-14/h9,14,19H,6-8,10-11H2,1-5H3/t14-/m1/s1. The fraction of sp³-hybridized carbons (Fsp3) is 0.611. The lowest BCUT2D eigenvalue weighted by Crippen LogP contribution is -2.31. The summed E-state index contributed by atoms with van der Waals surface area (Å²) in [5.41, 5.74) is 1.02. The molecule has 0 aliphatic carbocycles. The summed E-state index contributed by atoms with van der Waals surface area (Å²) in [6, 6.07) is 1.83. The van der Waals surface area contributed by atoms with Crippen molar-refractivity contribution in [3.8, 4) is 0 Å². The summed E-state index contributed by atoms with van der Waals surface area (Å²) >= 11 is 0. The van der Waals surface area contributed by atoms with E-state index in [2.05, 4.69) is 15.5 Å². The maximum Gasteiger partial charge on any atom is 0.248 e. The topological polar surface area (TPSA) is 104 Å². The van der Waals surface area contributed by atoms with Crippen molar-refractivity contribution in [2.75, 3.05) is 39.1 Å². The minimum atomic E-state index is -3.74. The zero-order chi connectivity index (χ0) is 20.5. The summed E-state index contributed by atoms with van der Waals surface area (Å²) < 4.78 is 32.3. The number of anilines is 1. The number of hydrogen-bond acceptors (Lipinski definition) is 8. The maximum atomic E-state index is 13.0. The predicted molar refractivity (Wildman–Crippen MR) is 106 cm³/mol. The Morgan fingerprint density at radius 2 is 2.00 bits per heavy atom. The summed E-state index contributed by atoms with van der Waals surface area (Å²) in [7, 11) is 1.64. The smallest absolute Gasteiger partial charge is 0.248 e. The van der Waals surface area contributed by atoms with Crippen LogP contribution in [0.25, 0.3) is 0 Å². The van der Waals surface area contributed by atoms with E-state index in [1.54, 1.807) is 20.9 Å². The van der Waals surface area contributed by atoms with Crippen molar-refractivity contribution in [1.29, 1.82) is 0 Å². The van der Waals surface area contributed by atoms with Crippen molar-refractivity contribution in [3.63, 3.8) is 0 Å². The Kier molecular flexibility index (Phi) is 6.01. The van der Waals surface area contributed by atoms with Crippen LogP contribution in [-0.2, 0) is 16.6 Å². The Balaban J connectivity index is 1.91. The summed E-state index contributed by atoms with van der Waals surface area (Å²) in [4.78, 5) is 11.4. The van der Waals surface area contributed by atoms with Crippen molar-refractivity contribution in [2.45, 2.75) is 44.0 Å². The van der Waals surface area contributed by atoms with E-state index >= 15 is 0 Å². The molecular formula is C18H28N6O3S. The number of nitrogens with zero attached hydrogens (tertiary/aromatic N) is 5. The molecule has 3 heterocycles. The third-order valence-electron chi connectivity index (χ3n) is 4.92. The molecule has 0 amide bonds. The first kappa shape index (κ1) is 20.7. The predicted octanol–water partition coefficient (Wildman–Crippen LogP) is 1.44. The minimum absolute atomic E-state index is 0.119. The molecule has 0 saturated carbocycles. The normalized spacial score (nSPS) is 17.9. The van der Waals surface area contributed by atoms with Gasteiger partial charge in [-0.1, -0.05) is 5.16 Å². The Hall–Kier alpha value is -2.04. The SMILES string of the molecule is Cc1noc(C)c1S(=O)(=O)N(C)Cc1cc(N(C)C)nc([C@@H]2CCCNC2)n1. The fourth-order valence-corrected chi connectivity index (χ4v) is 4.80. The molecule has 1 saturated heterocycles. The highest BCUT2D eigenvalue weighted by molar-refractivity contribution is 7.89. The third kappa shape index (κ3) is 4.18. The van der Waals surface area contributed by atoms with E-state index in [-0.39, 0.29) is 23.1 Å². The van der Waals surface area contributed by atoms with Gasteiger partial charge in [-0.15, -0.1) is 0 Å². The van der Waals surface area contributed by atoms with Gasteiger partial charge in [-0.25, -0.2) is 18.4 Å². The van der Waals surface area contributed by atoms with Crippen LogP contribution in [0.1, 0.15) is 41.7 Å². The van der Waals surface area contributed by atoms with Crippen LogP contribution in [0.5, 0.6) is 0 Å². The van der Waals surface area contributed by atoms with Crippen LogP contribution in [0.4, 0.5) is 5.82 Å². The first-order valence-corrected chi connectivity index (χ1v) is 10.8. The van der Waals surface area contributed by atoms with Crippen LogP contribution in [0.3, 0.4) is 0 Å². The van der Waals surface area contributed by atoms with Crippen LogP contribution in [0.15, 0.2) is 15.5 Å². The second-order valence-electron chi connectivity index (χ2n) is 7.43. The molecule has 1 N–H and O–H groups in total. The van der Waals surface area contributed by atoms with Crippen molar-refractivity contribution in [1.82, 2.24) is 24.7 Å². The van der Waals surface area contributed by atoms with E-state index in [9.17, 15) is 8.42 Å². The largest absolute Gasteiger partial charge is 0.363 e. The van der Waals surface area contributed by atoms with Crippen molar-refractivity contribution in [2.24, 2.45) is 0 Å². The summed E-state index contributed by atoms with van der Waals surface area (Å²) in [6.45, 7) is 5.21. The molecule has 0 bridgehead atoms. The van der Waals surface area contributed by atoms with Crippen LogP contribution >= 0.6 is 0 Å². The number of aromatic nitrogens is 3. The molecule has 28 heavy (non-hydrogen) atoms. The van der Waals surface area contributed by atoms with Gasteiger partial charge in [0.15, 0.2) is 5.76 Å². The molecule has 2 aromatic heterocycles. The Morgan fingerprint density at radius 3 is 2.57 bits per heavy atom. The van der Waals surface area contributed by atoms with Gasteiger partial charge in [0, 0.05) is 39.7 Å². The number of nitrogens with one attached hydrogen (secondary N) is 1. The summed E-state index contributed by atoms with van der Waals surface area (Å²) in [6.07, 6.45) is 2.10. The average Bonchev–Trinajstić information content (AvgIpc) is 3.01. The Morgan fingerprint density at radius 1 is 1.25 bits per heavy atom. The highest BCUT2D eigenvalue weighted by atomic mass is 32.2. The van der Waals surface area contributed by atoms with Gasteiger partial charge in [0.2, 0.25) is 10.0 Å². The average molecular weight is 409 g/mol. The van der Waals surface area contributed by atoms with E-state index in [1.165, 1.54) is 4.31 Å². The molecule has 9 nitrogen and oxygen atoms in total. The molecular weight excluding hydrogens is 380 g/mol. The number of sulfonamides is 1. The molecule has 154 valence electrons. The molecule has 1 atom stereocenters. The highest BCUT2D eigenvalue weighted by Crippen LogP contribution is 2.26. The molecule has 2 aromatic rings. The molecule has 0 spiro atoms. The van der Waals surface area contributed by atoms with Gasteiger partial charge < -0.3 is 14.7 Å². The lowest BCUT2D eigenvalue weighted by molar-refractivity contribution is 0.389. The van der Waals surface area contributed by atoms with Gasteiger partial charge >= 0.3 is 0 Å². The first-order valence-electron chi connectivity index (χ1n) is 9.35. The molecule has 10 heteroatoms. The number of rotatable bonds is 6. The zero-order valence-electron chi connectivity index (χ0n) is 17.1. The fourth-order valence-electron chi connectivity index (χ4n) is 3.38. The van der Waals surface area contributed by atoms with Gasteiger partial charge in [0.1, 0.15) is 22.2 Å². The third-order valence-corrected chi connectivity index (χ3v) is 6.97. The van der Waals surface area contributed by atoms with E-state index in [4.69, 9.17) is 9.51 Å². The lowest BCUT2D eigenvalue weighted by atomic mass is 9.99. The number of piperidine rings is 1. The van der Waals surface area contributed by atoms with Gasteiger partial charge in [0.05, 0.1) is 12.2 Å². The van der Waals surface area contributed by atoms with E-state index in [0.29, 0.717) is 11.4 Å². The number of aryl methyl sites for hydroxylation is 2. The second kappa shape index (κ2) is 8.14. The Labute approximate surface area is 166 Å². The van der Waals surface area contributed by atoms with Gasteiger partial charge in [0.25, 0.3) is 0 Å². The van der Waals surface area contributed by atoms with Crippen LogP contribution in [0, 0.1) is 13.8 Å². The molecule has 1 fully saturated rings. The van der Waals surface area contributed by atoms with E-state index in [1.807, 2.05) is 25.1 Å². The first-order chi connectivity index (χ1) is 13.2. The quantitative estimate of drug-likeness (QED) is 0.766. The van der Waals surface area contributed by atoms with Gasteiger partial charge in [-0.2, -0.15) is 4.31 Å². The molecule has 1 aliphatic rings. The lowest BCUT2D eigenvalue weighted by Gasteiger charge is -2.24. The molecule has 1 aliphatic heterocycles. The molecule has 0 radical (unpaired) electrons. The highest BCUT2D eigenvalue weighted by Gasteiger charge is 2.29. The summed E-state index contributed by atoms with van der Waals surface area (Å²) in [5.74, 6) is 2.05. The van der Waals surface area contributed by atoms with E-state index in [0.717, 1.165) is 37.6 Å². The monoisotopic (exact) mass is 408 g/mol. The van der Waals surface area contributed by atoms with Crippen LogP contribution in [0.2, 0.25) is 0 Å². The van der Waals surface area contributed by atoms with Crippen molar-refractivity contribution in [3.05, 3.63) is 29.0 Å². The number of hydrogen-bond donors (Lipinski definition) is 1. The minimum Gasteiger partial charge on any atom is -0.363 e. The van der Waals surface area contributed by atoms with Crippen LogP contribution in [-0.4, -0.2) is 62.1 Å².